The molecule has 88 valence electrons. The minimum absolute atomic E-state index is 0.122. The lowest BCUT2D eigenvalue weighted by Crippen LogP contribution is -2.50. The molecule has 4 nitrogen and oxygen atoms in total. The Bertz CT molecular complexity index is 207. The van der Waals surface area contributed by atoms with Gasteiger partial charge in [-0.05, 0) is 25.3 Å². The molecule has 0 aromatic carbocycles. The Kier molecular flexibility index (Phi) is 5.05. The van der Waals surface area contributed by atoms with Gasteiger partial charge in [0.1, 0.15) is 6.61 Å². The zero-order chi connectivity index (χ0) is 11.3. The fourth-order valence-corrected chi connectivity index (χ4v) is 1.90. The van der Waals surface area contributed by atoms with Gasteiger partial charge in [0.2, 0.25) is 5.91 Å². The van der Waals surface area contributed by atoms with Crippen LogP contribution < -0.4 is 5.73 Å². The highest BCUT2D eigenvalue weighted by atomic mass is 16.5. The largest absolute Gasteiger partial charge is 0.369 e. The zero-order valence-electron chi connectivity index (χ0n) is 9.74. The van der Waals surface area contributed by atoms with Crippen LogP contribution >= 0.6 is 0 Å². The molecule has 1 atom stereocenters. The summed E-state index contributed by atoms with van der Waals surface area (Å²) in [6.45, 7) is 6.67. The van der Waals surface area contributed by atoms with Crippen LogP contribution in [0, 0.1) is 5.92 Å². The third-order valence-corrected chi connectivity index (χ3v) is 2.60. The van der Waals surface area contributed by atoms with Gasteiger partial charge in [-0.25, -0.2) is 0 Å². The molecule has 1 heterocycles. The van der Waals surface area contributed by atoms with Gasteiger partial charge in [-0.15, -0.1) is 0 Å². The third kappa shape index (κ3) is 3.80. The number of ether oxygens (including phenoxy) is 1. The summed E-state index contributed by atoms with van der Waals surface area (Å²) in [4.78, 5) is 13.6. The van der Waals surface area contributed by atoms with Crippen LogP contribution in [0.1, 0.15) is 26.7 Å². The predicted octanol–water partition coefficient (Wildman–Crippen LogP) is 0.609. The van der Waals surface area contributed by atoms with E-state index in [1.807, 2.05) is 4.90 Å². The van der Waals surface area contributed by atoms with Crippen LogP contribution in [0.3, 0.4) is 0 Å². The molecule has 0 aliphatic carbocycles. The Morgan fingerprint density at radius 2 is 2.33 bits per heavy atom. The quantitative estimate of drug-likeness (QED) is 0.729. The molecule has 0 aromatic heterocycles. The minimum atomic E-state index is 0.122. The van der Waals surface area contributed by atoms with E-state index in [0.717, 1.165) is 19.4 Å². The maximum atomic E-state index is 11.7. The summed E-state index contributed by atoms with van der Waals surface area (Å²) in [6.07, 6.45) is 1.91. The van der Waals surface area contributed by atoms with E-state index in [0.29, 0.717) is 19.1 Å². The van der Waals surface area contributed by atoms with E-state index in [2.05, 4.69) is 13.8 Å². The van der Waals surface area contributed by atoms with Crippen molar-refractivity contribution in [2.24, 2.45) is 11.7 Å². The van der Waals surface area contributed by atoms with Crippen LogP contribution in [0.4, 0.5) is 0 Å². The first-order valence-corrected chi connectivity index (χ1v) is 5.72. The molecule has 15 heavy (non-hydrogen) atoms. The highest BCUT2D eigenvalue weighted by molar-refractivity contribution is 5.78. The normalized spacial score (nSPS) is 22.5. The highest BCUT2D eigenvalue weighted by Gasteiger charge is 2.28. The summed E-state index contributed by atoms with van der Waals surface area (Å²) >= 11 is 0. The van der Waals surface area contributed by atoms with Crippen molar-refractivity contribution >= 4 is 5.91 Å². The van der Waals surface area contributed by atoms with E-state index in [1.165, 1.54) is 0 Å². The lowest BCUT2D eigenvalue weighted by atomic mass is 10.1. The fraction of sp³-hybridized carbons (Fsp3) is 0.909. The van der Waals surface area contributed by atoms with Crippen molar-refractivity contribution < 1.29 is 9.53 Å². The van der Waals surface area contributed by atoms with Gasteiger partial charge in [0.05, 0.1) is 12.6 Å². The van der Waals surface area contributed by atoms with Crippen molar-refractivity contribution in [1.29, 1.82) is 0 Å². The van der Waals surface area contributed by atoms with Crippen molar-refractivity contribution in [3.63, 3.8) is 0 Å². The Labute approximate surface area is 91.8 Å². The van der Waals surface area contributed by atoms with Gasteiger partial charge in [-0.1, -0.05) is 13.8 Å². The Morgan fingerprint density at radius 3 is 2.93 bits per heavy atom. The molecule has 0 aromatic rings. The van der Waals surface area contributed by atoms with Crippen LogP contribution in [0.15, 0.2) is 0 Å². The summed E-state index contributed by atoms with van der Waals surface area (Å²) in [5, 5.41) is 0. The lowest BCUT2D eigenvalue weighted by Gasteiger charge is -2.36. The minimum Gasteiger partial charge on any atom is -0.369 e. The first-order chi connectivity index (χ1) is 7.15. The summed E-state index contributed by atoms with van der Waals surface area (Å²) in [7, 11) is 0. The molecule has 0 saturated carbocycles. The van der Waals surface area contributed by atoms with Crippen LogP contribution in [-0.4, -0.2) is 43.2 Å². The van der Waals surface area contributed by atoms with Crippen LogP contribution in [-0.2, 0) is 9.53 Å². The van der Waals surface area contributed by atoms with Crippen molar-refractivity contribution in [2.45, 2.75) is 32.7 Å². The van der Waals surface area contributed by atoms with Gasteiger partial charge in [-0.2, -0.15) is 0 Å². The second-order valence-corrected chi connectivity index (χ2v) is 4.54. The average molecular weight is 214 g/mol. The second kappa shape index (κ2) is 6.08. The number of hydrogen-bond acceptors (Lipinski definition) is 3. The SMILES string of the molecule is CC(C)CN1C(=O)COCC1CCCN. The molecule has 2 N–H and O–H groups in total. The molecule has 0 bridgehead atoms. The Morgan fingerprint density at radius 1 is 1.60 bits per heavy atom. The Hall–Kier alpha value is -0.610. The summed E-state index contributed by atoms with van der Waals surface area (Å²) in [5.74, 6) is 0.629. The molecule has 1 fully saturated rings. The summed E-state index contributed by atoms with van der Waals surface area (Å²) < 4.78 is 5.27. The molecule has 1 rings (SSSR count). The molecular formula is C11H22N2O2. The number of rotatable bonds is 5. The van der Waals surface area contributed by atoms with Gasteiger partial charge in [0.15, 0.2) is 0 Å². The van der Waals surface area contributed by atoms with E-state index in [9.17, 15) is 4.79 Å². The zero-order valence-corrected chi connectivity index (χ0v) is 9.74. The number of hydrogen-bond donors (Lipinski definition) is 1. The molecule has 1 saturated heterocycles. The maximum Gasteiger partial charge on any atom is 0.248 e. The Balaban J connectivity index is 2.52. The average Bonchev–Trinajstić information content (AvgIpc) is 2.18. The number of carbonyl (C=O) groups is 1. The first kappa shape index (κ1) is 12.5. The van der Waals surface area contributed by atoms with Gasteiger partial charge >= 0.3 is 0 Å². The van der Waals surface area contributed by atoms with E-state index in [4.69, 9.17) is 10.5 Å². The topological polar surface area (TPSA) is 55.6 Å². The standard InChI is InChI=1S/C11H22N2O2/c1-9(2)6-13-10(4-3-5-12)7-15-8-11(13)14/h9-10H,3-8,12H2,1-2H3. The van der Waals surface area contributed by atoms with Crippen LogP contribution in [0.25, 0.3) is 0 Å². The van der Waals surface area contributed by atoms with Gasteiger partial charge in [0.25, 0.3) is 0 Å². The van der Waals surface area contributed by atoms with E-state index < -0.39 is 0 Å². The van der Waals surface area contributed by atoms with Gasteiger partial charge in [0, 0.05) is 6.54 Å². The fourth-order valence-electron chi connectivity index (χ4n) is 1.90. The smallest absolute Gasteiger partial charge is 0.248 e. The molecule has 1 aliphatic rings. The van der Waals surface area contributed by atoms with E-state index >= 15 is 0 Å². The maximum absolute atomic E-state index is 11.7. The summed E-state index contributed by atoms with van der Waals surface area (Å²) in [6, 6.07) is 0.234. The first-order valence-electron chi connectivity index (χ1n) is 5.72. The molecular weight excluding hydrogens is 192 g/mol. The number of nitrogens with two attached hydrogens (primary N) is 1. The van der Waals surface area contributed by atoms with Crippen molar-refractivity contribution in [3.8, 4) is 0 Å². The van der Waals surface area contributed by atoms with Gasteiger partial charge in [-0.3, -0.25) is 4.79 Å². The molecule has 0 spiro atoms. The number of morpholine rings is 1. The number of nitrogens with zero attached hydrogens (tertiary/aromatic N) is 1. The molecule has 1 aliphatic heterocycles. The lowest BCUT2D eigenvalue weighted by molar-refractivity contribution is -0.149. The van der Waals surface area contributed by atoms with Crippen LogP contribution in [0.2, 0.25) is 0 Å². The molecule has 4 heteroatoms. The monoisotopic (exact) mass is 214 g/mol. The van der Waals surface area contributed by atoms with Crippen molar-refractivity contribution in [2.75, 3.05) is 26.3 Å². The van der Waals surface area contributed by atoms with Gasteiger partial charge < -0.3 is 15.4 Å². The van der Waals surface area contributed by atoms with E-state index in [1.54, 1.807) is 0 Å². The third-order valence-electron chi connectivity index (χ3n) is 2.60. The second-order valence-electron chi connectivity index (χ2n) is 4.54. The van der Waals surface area contributed by atoms with Crippen LogP contribution in [0.5, 0.6) is 0 Å². The van der Waals surface area contributed by atoms with Crippen molar-refractivity contribution in [3.05, 3.63) is 0 Å². The number of amides is 1. The highest BCUT2D eigenvalue weighted by Crippen LogP contribution is 2.15. The predicted molar refractivity (Wildman–Crippen MR) is 59.4 cm³/mol. The molecule has 0 radical (unpaired) electrons. The van der Waals surface area contributed by atoms with E-state index in [-0.39, 0.29) is 18.6 Å². The number of carbonyl (C=O) groups excluding carboxylic acids is 1. The molecule has 1 amide bonds. The van der Waals surface area contributed by atoms with Crippen molar-refractivity contribution in [1.82, 2.24) is 4.90 Å². The molecule has 1 unspecified atom stereocenters. The summed E-state index contributed by atoms with van der Waals surface area (Å²) in [5.41, 5.74) is 5.48.